The summed E-state index contributed by atoms with van der Waals surface area (Å²) in [5.74, 6) is -0.599. The third-order valence-corrected chi connectivity index (χ3v) is 24.1. The van der Waals surface area contributed by atoms with E-state index in [1.807, 2.05) is 18.2 Å². The number of amides is 5. The van der Waals surface area contributed by atoms with Crippen molar-refractivity contribution in [2.75, 3.05) is 211 Å². The quantitative estimate of drug-likeness (QED) is 0.0115. The average molecular weight is 1890 g/mol. The van der Waals surface area contributed by atoms with Gasteiger partial charge in [-0.05, 0) is 43.6 Å². The number of carbonyl (C=O) groups excluding carboxylic acids is 5. The minimum Gasteiger partial charge on any atom is -0.388 e. The number of rotatable bonds is 71. The summed E-state index contributed by atoms with van der Waals surface area (Å²) >= 11 is 4.74. The van der Waals surface area contributed by atoms with Gasteiger partial charge < -0.3 is 157 Å². The van der Waals surface area contributed by atoms with Gasteiger partial charge in [0.25, 0.3) is 0 Å². The maximum Gasteiger partial charge on any atom is 0.220 e. The van der Waals surface area contributed by atoms with Crippen molar-refractivity contribution in [2.45, 2.75) is 213 Å². The highest BCUT2D eigenvalue weighted by atomic mass is 33.1. The Morgan fingerprint density at radius 3 is 1.11 bits per heavy atom. The SMILES string of the molecule is CC(=O)N[C@H]1[C@H]2OC[C@@](COCCOCCOCCOCCn3cc(COCC(COCc4cn(CCOCCOCCOCCOC[C@]56CO[C@@H](O5)[C@H](NC(C)=O)[C@@H](O)[C@H]6O)nn4)(COCc4cn(CCOCCOCCOCCOC[C@]56CO[C@@H](O5)[C@H](NC(C)=O)[C@@H](O)[C@H]6O)nn4)NC(=O)CCCCCNC(=O)CCCCC[S](S)c4ccccn4)nn3)(O2)[C@H](O)[C@@H]1O. The number of thiol groups is 1. The zero-order valence-corrected chi connectivity index (χ0v) is 75.8. The van der Waals surface area contributed by atoms with Gasteiger partial charge in [-0.1, -0.05) is 34.5 Å². The van der Waals surface area contributed by atoms with Gasteiger partial charge in [0.05, 0.1) is 261 Å². The third kappa shape index (κ3) is 34.7. The van der Waals surface area contributed by atoms with Crippen molar-refractivity contribution in [1.82, 2.24) is 76.5 Å². The number of nitrogens with one attached hydrogen (secondary N) is 5. The Bertz CT molecular complexity index is 3590. The summed E-state index contributed by atoms with van der Waals surface area (Å²) in [6.45, 7) is 10.5. The van der Waals surface area contributed by atoms with Gasteiger partial charge in [0, 0.05) is 46.4 Å². The first-order valence-electron chi connectivity index (χ1n) is 44.1. The van der Waals surface area contributed by atoms with Crippen molar-refractivity contribution >= 4 is 51.1 Å². The molecule has 0 aromatic carbocycles. The Balaban J connectivity index is 0.654. The van der Waals surface area contributed by atoms with Crippen molar-refractivity contribution in [3.8, 4) is 0 Å². The second-order valence-electron chi connectivity index (χ2n) is 32.2. The lowest BCUT2D eigenvalue weighted by Crippen LogP contribution is -2.66. The summed E-state index contributed by atoms with van der Waals surface area (Å²) in [6, 6.07) is 3.08. The monoisotopic (exact) mass is 1890 g/mol. The molecule has 1 radical (unpaired) electrons. The first kappa shape index (κ1) is 106. The second kappa shape index (κ2) is 56.8. The molecule has 6 fully saturated rings. The number of aliphatic hydroxyl groups excluding tert-OH is 6. The maximum atomic E-state index is 14.3. The molecule has 130 heavy (non-hydrogen) atoms. The largest absolute Gasteiger partial charge is 0.388 e. The smallest absolute Gasteiger partial charge is 0.220 e. The molecule has 10 heterocycles. The van der Waals surface area contributed by atoms with Crippen molar-refractivity contribution in [3.63, 3.8) is 0 Å². The van der Waals surface area contributed by atoms with E-state index >= 15 is 0 Å². The average Bonchev–Trinajstić information content (AvgIpc) is 1.61. The number of aromatic nitrogens is 10. The van der Waals surface area contributed by atoms with Crippen LogP contribution in [0.5, 0.6) is 0 Å². The van der Waals surface area contributed by atoms with Crippen LogP contribution in [0.3, 0.4) is 0 Å². The van der Waals surface area contributed by atoms with Gasteiger partial charge in [-0.25, -0.2) is 19.0 Å². The van der Waals surface area contributed by atoms with Crippen LogP contribution in [0.25, 0.3) is 0 Å². The van der Waals surface area contributed by atoms with Crippen LogP contribution in [-0.2, 0) is 163 Å². The Morgan fingerprint density at radius 1 is 0.438 bits per heavy atom. The number of carbonyl (C=O) groups is 5. The van der Waals surface area contributed by atoms with Gasteiger partial charge in [-0.15, -0.1) is 36.9 Å². The highest BCUT2D eigenvalue weighted by molar-refractivity contribution is 8.78. The molecule has 0 spiro atoms. The van der Waals surface area contributed by atoms with E-state index in [2.05, 4.69) is 62.5 Å². The van der Waals surface area contributed by atoms with E-state index in [1.165, 1.54) is 20.8 Å². The predicted octanol–water partition coefficient (Wildman–Crippen LogP) is -3.67. The van der Waals surface area contributed by atoms with Crippen LogP contribution in [-0.4, -0.2) is 417 Å². The molecule has 0 aliphatic carbocycles. The van der Waals surface area contributed by atoms with Crippen molar-refractivity contribution in [1.29, 1.82) is 0 Å². The van der Waals surface area contributed by atoms with Crippen LogP contribution in [0.15, 0.2) is 48.0 Å². The zero-order valence-electron chi connectivity index (χ0n) is 74.1. The van der Waals surface area contributed by atoms with Crippen LogP contribution in [0.4, 0.5) is 0 Å². The number of aliphatic hydroxyl groups is 6. The van der Waals surface area contributed by atoms with Crippen molar-refractivity contribution in [2.24, 2.45) is 0 Å². The van der Waals surface area contributed by atoms with Crippen molar-refractivity contribution < 1.29 is 154 Å². The Hall–Kier alpha value is -6.46. The number of hydrogen-bond acceptors (Lipinski definition) is 40. The van der Waals surface area contributed by atoms with Gasteiger partial charge >= 0.3 is 0 Å². The molecular weight excluding hydrogens is 1760 g/mol. The summed E-state index contributed by atoms with van der Waals surface area (Å²) < 4.78 is 127. The molecule has 6 saturated heterocycles. The molecule has 6 aliphatic heterocycles. The molecule has 10 rings (SSSR count). The standard InChI is InChI=1S/C81H132N15O32S2/c1-57(97)84-66-69(102)72(105)79(54-123-75(66)126-79)51-117-38-35-114-32-29-111-26-23-108-20-17-94-42-60(88-91-94)45-120-48-78(87-64(101)13-6-4-9-15-82-63(100)12-7-5-11-41-130(129)65-14-8-10-16-83-65,49-121-46-61-43-95(92-89-61)18-21-109-24-27-112-30-33-115-36-39-118-52-80-55-124-76(127-80)67(85-58(2)98)70(103)73(80)106)50-122-47-62-44-96(93-90-62)19-22-110-25-28-113-31-34-116-37-40-119-53-81-56-125-77(128-81)68(86-59(3)99)71(104)74(81)107/h8,10,14,16,42-44,66-77,102-107,129H,4-7,9,11-13,15,17-41,45-56H2,1-3H3,(H,82,100)(H,84,97)(H,85,98)(H,86,99)(H,87,101)/t66-,67-,68-,69-,70-,71-,72-,73-,74-,75+,76+,77+,79-,80-,81-/m1/s1. The highest BCUT2D eigenvalue weighted by Crippen LogP contribution is 2.42. The second-order valence-corrected chi connectivity index (χ2v) is 35.1. The number of unbranched alkanes of at least 4 members (excludes halogenated alkanes) is 4. The molecule has 6 bridgehead atoms. The lowest BCUT2D eigenvalue weighted by atomic mass is 9.88. The molecular formula is C81H132N15O32S2. The molecule has 5 amide bonds. The topological polar surface area (TPSA) is 566 Å². The van der Waals surface area contributed by atoms with E-state index in [0.29, 0.717) is 148 Å². The van der Waals surface area contributed by atoms with E-state index in [0.717, 1.165) is 30.0 Å². The predicted molar refractivity (Wildman–Crippen MR) is 453 cm³/mol. The summed E-state index contributed by atoms with van der Waals surface area (Å²) in [6.07, 6.45) is 1.24. The highest BCUT2D eigenvalue weighted by Gasteiger charge is 2.62. The normalized spacial score (nSPS) is 25.1. The molecule has 11 N–H and O–H groups in total. The molecule has 49 heteroatoms. The zero-order chi connectivity index (χ0) is 92.2. The first-order valence-corrected chi connectivity index (χ1v) is 46.5. The van der Waals surface area contributed by atoms with Crippen molar-refractivity contribution in [3.05, 3.63) is 60.1 Å². The van der Waals surface area contributed by atoms with E-state index < -0.39 is 114 Å². The Morgan fingerprint density at radius 2 is 0.769 bits per heavy atom. The lowest BCUT2D eigenvalue weighted by molar-refractivity contribution is -0.238. The molecule has 47 nitrogen and oxygen atoms in total. The van der Waals surface area contributed by atoms with Crippen LogP contribution in [0.1, 0.15) is 89.2 Å². The van der Waals surface area contributed by atoms with Crippen LogP contribution < -0.4 is 26.6 Å². The fourth-order valence-electron chi connectivity index (χ4n) is 14.8. The summed E-state index contributed by atoms with van der Waals surface area (Å²) in [7, 11) is -0.253. The first-order chi connectivity index (χ1) is 63.1. The van der Waals surface area contributed by atoms with Gasteiger partial charge in [-0.3, -0.25) is 24.0 Å². The van der Waals surface area contributed by atoms with E-state index in [9.17, 15) is 54.6 Å². The molecule has 15 atom stereocenters. The number of pyridine rings is 1. The van der Waals surface area contributed by atoms with Gasteiger partial charge in [0.2, 0.25) is 29.5 Å². The van der Waals surface area contributed by atoms with Crippen LogP contribution >= 0.6 is 21.6 Å². The van der Waals surface area contributed by atoms with E-state index in [4.69, 9.17) is 111 Å². The minimum atomic E-state index is -1.35. The summed E-state index contributed by atoms with van der Waals surface area (Å²) in [5.41, 5.74) is -3.66. The molecule has 0 saturated carbocycles. The molecule has 6 aliphatic rings. The van der Waals surface area contributed by atoms with Gasteiger partial charge in [0.15, 0.2) is 18.9 Å². The molecule has 4 aromatic rings. The lowest BCUT2D eigenvalue weighted by Gasteiger charge is -2.42. The summed E-state index contributed by atoms with van der Waals surface area (Å²) in [5, 5.41) is 105. The number of fused-ring (bicyclic) bond motifs is 6. The number of ether oxygens (including phenoxy) is 21. The van der Waals surface area contributed by atoms with E-state index in [-0.39, 0.29) is 167 Å². The Labute approximate surface area is 761 Å². The van der Waals surface area contributed by atoms with Crippen LogP contribution in [0.2, 0.25) is 0 Å². The third-order valence-electron chi connectivity index (χ3n) is 21.6. The molecule has 0 unspecified atom stereocenters. The minimum absolute atomic E-state index is 0.0162. The Kier molecular flexibility index (Phi) is 46.1. The van der Waals surface area contributed by atoms with Gasteiger partial charge in [-0.2, -0.15) is 0 Å². The number of nitrogens with zero attached hydrogens (tertiary/aromatic N) is 10. The number of hydrogen-bond donors (Lipinski definition) is 12. The fourth-order valence-corrected chi connectivity index (χ4v) is 16.6. The van der Waals surface area contributed by atoms with Crippen LogP contribution in [0, 0.1) is 0 Å². The maximum absolute atomic E-state index is 14.3. The molecule has 4 aromatic heterocycles. The van der Waals surface area contributed by atoms with Gasteiger partial charge in [0.1, 0.15) is 94.2 Å². The fraction of sp³-hybridized carbons (Fsp3) is 0.802. The summed E-state index contributed by atoms with van der Waals surface area (Å²) in [4.78, 5) is 66.3. The van der Waals surface area contributed by atoms with E-state index in [1.54, 1.807) is 38.8 Å². The molecule has 735 valence electrons.